The molecule has 12 heavy (non-hydrogen) atoms. The summed E-state index contributed by atoms with van der Waals surface area (Å²) in [6, 6.07) is 0. The topological polar surface area (TPSA) is 0 Å². The highest BCUT2D eigenvalue weighted by molar-refractivity contribution is 4.95. The summed E-state index contributed by atoms with van der Waals surface area (Å²) in [7, 11) is 0. The molecule has 0 aliphatic heterocycles. The molecular formula is C12H24. The van der Waals surface area contributed by atoms with E-state index in [1.807, 2.05) is 0 Å². The molecule has 0 aliphatic carbocycles. The fourth-order valence-corrected chi connectivity index (χ4v) is 2.24. The Morgan fingerprint density at radius 3 is 1.83 bits per heavy atom. The normalized spacial score (nSPS) is 11.7. The molecule has 0 spiro atoms. The molecule has 0 amide bonds. The zero-order valence-electron chi connectivity index (χ0n) is 9.24. The van der Waals surface area contributed by atoms with Crippen LogP contribution in [-0.4, -0.2) is 0 Å². The Morgan fingerprint density at radius 2 is 1.58 bits per heavy atom. The van der Waals surface area contributed by atoms with Crippen LogP contribution in [0.4, 0.5) is 0 Å². The predicted octanol–water partition coefficient (Wildman–Crippen LogP) is 4.56. The molecule has 0 saturated heterocycles. The van der Waals surface area contributed by atoms with Gasteiger partial charge in [0.25, 0.3) is 0 Å². The third-order valence-electron chi connectivity index (χ3n) is 2.44. The minimum Gasteiger partial charge on any atom is -0.100 e. The molecule has 0 aromatic heterocycles. The number of allylic oxidation sites excluding steroid dienone is 1. The highest BCUT2D eigenvalue weighted by atomic mass is 14.3. The van der Waals surface area contributed by atoms with Gasteiger partial charge >= 0.3 is 0 Å². The molecule has 0 aromatic carbocycles. The Balaban J connectivity index is 4.07. The van der Waals surface area contributed by atoms with Gasteiger partial charge in [-0.2, -0.15) is 0 Å². The van der Waals surface area contributed by atoms with Gasteiger partial charge in [0.15, 0.2) is 0 Å². The van der Waals surface area contributed by atoms with E-state index in [0.717, 1.165) is 0 Å². The van der Waals surface area contributed by atoms with E-state index in [0.29, 0.717) is 5.41 Å². The summed E-state index contributed by atoms with van der Waals surface area (Å²) in [5.74, 6) is 0. The molecule has 0 nitrogen and oxygen atoms in total. The third kappa shape index (κ3) is 4.58. The molecule has 0 atom stereocenters. The Hall–Kier alpha value is -0.260. The predicted molar refractivity (Wildman–Crippen MR) is 57.4 cm³/mol. The molecule has 0 heterocycles. The number of rotatable bonds is 6. The minimum absolute atomic E-state index is 0.523. The molecule has 0 rings (SSSR count). The van der Waals surface area contributed by atoms with E-state index in [9.17, 15) is 0 Å². The Bertz CT molecular complexity index is 127. The van der Waals surface area contributed by atoms with Crippen molar-refractivity contribution in [3.05, 3.63) is 12.2 Å². The zero-order valence-corrected chi connectivity index (χ0v) is 9.24. The molecule has 0 aromatic rings. The van der Waals surface area contributed by atoms with Crippen molar-refractivity contribution in [3.63, 3.8) is 0 Å². The maximum absolute atomic E-state index is 4.00. The average Bonchev–Trinajstić information content (AvgIpc) is 1.85. The summed E-state index contributed by atoms with van der Waals surface area (Å²) >= 11 is 0. The maximum atomic E-state index is 4.00. The van der Waals surface area contributed by atoms with E-state index in [1.165, 1.54) is 37.7 Å². The molecule has 0 aliphatic rings. The van der Waals surface area contributed by atoms with Crippen molar-refractivity contribution >= 4 is 0 Å². The van der Waals surface area contributed by atoms with Crippen LogP contribution in [-0.2, 0) is 0 Å². The van der Waals surface area contributed by atoms with Crippen LogP contribution in [0.2, 0.25) is 0 Å². The molecule has 0 N–H and O–H groups in total. The second-order valence-corrected chi connectivity index (χ2v) is 4.44. The first-order valence-electron chi connectivity index (χ1n) is 5.18. The lowest BCUT2D eigenvalue weighted by atomic mass is 9.77. The Morgan fingerprint density at radius 1 is 1.17 bits per heavy atom. The highest BCUT2D eigenvalue weighted by Gasteiger charge is 2.21. The first-order valence-corrected chi connectivity index (χ1v) is 5.18. The highest BCUT2D eigenvalue weighted by Crippen LogP contribution is 2.35. The lowest BCUT2D eigenvalue weighted by molar-refractivity contribution is 0.264. The molecular weight excluding hydrogens is 144 g/mol. The fraction of sp³-hybridized carbons (Fsp3) is 0.833. The van der Waals surface area contributed by atoms with Crippen LogP contribution in [0, 0.1) is 5.41 Å². The van der Waals surface area contributed by atoms with Crippen LogP contribution in [0.15, 0.2) is 12.2 Å². The standard InChI is InChI=1S/C12H24/c1-6-8-12(5,9-7-2)10-11(3)4/h3,6-10H2,1-2,4-5H3. The van der Waals surface area contributed by atoms with Gasteiger partial charge in [-0.15, -0.1) is 6.58 Å². The van der Waals surface area contributed by atoms with Crippen LogP contribution in [0.5, 0.6) is 0 Å². The van der Waals surface area contributed by atoms with Crippen LogP contribution in [0.3, 0.4) is 0 Å². The third-order valence-corrected chi connectivity index (χ3v) is 2.44. The van der Waals surface area contributed by atoms with Crippen molar-refractivity contribution in [1.29, 1.82) is 0 Å². The summed E-state index contributed by atoms with van der Waals surface area (Å²) in [6.45, 7) is 13.1. The average molecular weight is 168 g/mol. The van der Waals surface area contributed by atoms with Gasteiger partial charge in [0.2, 0.25) is 0 Å². The molecule has 72 valence electrons. The van der Waals surface area contributed by atoms with E-state index in [4.69, 9.17) is 0 Å². The van der Waals surface area contributed by atoms with E-state index < -0.39 is 0 Å². The van der Waals surface area contributed by atoms with Gasteiger partial charge in [-0.05, 0) is 31.6 Å². The fourth-order valence-electron chi connectivity index (χ4n) is 2.24. The smallest absolute Gasteiger partial charge is 0.0271 e. The van der Waals surface area contributed by atoms with Gasteiger partial charge in [0.05, 0.1) is 0 Å². The van der Waals surface area contributed by atoms with E-state index in [-0.39, 0.29) is 0 Å². The van der Waals surface area contributed by atoms with Gasteiger partial charge in [-0.1, -0.05) is 39.2 Å². The van der Waals surface area contributed by atoms with Crippen molar-refractivity contribution in [1.82, 2.24) is 0 Å². The summed E-state index contributed by atoms with van der Waals surface area (Å²) in [4.78, 5) is 0. The zero-order chi connectivity index (χ0) is 9.61. The second kappa shape index (κ2) is 5.40. The summed E-state index contributed by atoms with van der Waals surface area (Å²) in [5, 5.41) is 0. The van der Waals surface area contributed by atoms with Crippen LogP contribution >= 0.6 is 0 Å². The van der Waals surface area contributed by atoms with Gasteiger partial charge in [-0.25, -0.2) is 0 Å². The first-order chi connectivity index (χ1) is 5.54. The Labute approximate surface area is 78.1 Å². The first kappa shape index (κ1) is 11.7. The SMILES string of the molecule is C=C(C)CC(C)(CCC)CCC. The van der Waals surface area contributed by atoms with Crippen molar-refractivity contribution in [2.24, 2.45) is 5.41 Å². The van der Waals surface area contributed by atoms with Crippen molar-refractivity contribution in [2.75, 3.05) is 0 Å². The van der Waals surface area contributed by atoms with Crippen LogP contribution in [0.25, 0.3) is 0 Å². The van der Waals surface area contributed by atoms with Crippen LogP contribution < -0.4 is 0 Å². The van der Waals surface area contributed by atoms with Gasteiger partial charge in [0.1, 0.15) is 0 Å². The van der Waals surface area contributed by atoms with Crippen LogP contribution in [0.1, 0.15) is 59.8 Å². The van der Waals surface area contributed by atoms with Crippen molar-refractivity contribution in [3.8, 4) is 0 Å². The van der Waals surface area contributed by atoms with E-state index in [2.05, 4.69) is 34.3 Å². The Kier molecular flexibility index (Phi) is 5.28. The van der Waals surface area contributed by atoms with Gasteiger partial charge in [0, 0.05) is 0 Å². The molecule has 0 fully saturated rings. The summed E-state index contributed by atoms with van der Waals surface area (Å²) < 4.78 is 0. The van der Waals surface area contributed by atoms with Crippen molar-refractivity contribution in [2.45, 2.75) is 59.8 Å². The molecule has 0 saturated carbocycles. The van der Waals surface area contributed by atoms with Gasteiger partial charge in [-0.3, -0.25) is 0 Å². The molecule has 0 radical (unpaired) electrons. The van der Waals surface area contributed by atoms with Crippen molar-refractivity contribution < 1.29 is 0 Å². The largest absolute Gasteiger partial charge is 0.100 e. The minimum atomic E-state index is 0.523. The summed E-state index contributed by atoms with van der Waals surface area (Å²) in [6.07, 6.45) is 6.48. The molecule has 0 bridgehead atoms. The lowest BCUT2D eigenvalue weighted by Gasteiger charge is -2.29. The monoisotopic (exact) mass is 168 g/mol. The molecule has 0 heteroatoms. The van der Waals surface area contributed by atoms with E-state index in [1.54, 1.807) is 0 Å². The number of hydrogen-bond donors (Lipinski definition) is 0. The molecule has 0 unspecified atom stereocenters. The van der Waals surface area contributed by atoms with E-state index >= 15 is 0 Å². The lowest BCUT2D eigenvalue weighted by Crippen LogP contribution is -2.16. The number of hydrogen-bond acceptors (Lipinski definition) is 0. The summed E-state index contributed by atoms with van der Waals surface area (Å²) in [5.41, 5.74) is 1.86. The second-order valence-electron chi connectivity index (χ2n) is 4.44. The maximum Gasteiger partial charge on any atom is -0.0271 e. The van der Waals surface area contributed by atoms with Gasteiger partial charge < -0.3 is 0 Å². The quantitative estimate of drug-likeness (QED) is 0.510.